The smallest absolute Gasteiger partial charge is 0.415 e. The van der Waals surface area contributed by atoms with E-state index >= 15 is 0 Å². The minimum absolute atomic E-state index is 0.174. The molecule has 3 heterocycles. The van der Waals surface area contributed by atoms with E-state index in [1.807, 2.05) is 12.1 Å². The molecule has 4 amide bonds. The van der Waals surface area contributed by atoms with Crippen molar-refractivity contribution in [2.75, 3.05) is 46.9 Å². The summed E-state index contributed by atoms with van der Waals surface area (Å²) in [6, 6.07) is 3.28. The number of rotatable bonds is 12. The summed E-state index contributed by atoms with van der Waals surface area (Å²) in [7, 11) is 3.85. The normalized spacial score (nSPS) is 27.9. The van der Waals surface area contributed by atoms with Crippen LogP contribution in [0.25, 0.3) is 0 Å². The number of benzene rings is 1. The molecule has 6 rings (SSSR count). The Balaban J connectivity index is 1.15. The Morgan fingerprint density at radius 1 is 1.18 bits per heavy atom. The number of carbonyl (C=O) groups excluding carboxylic acids is 4. The van der Waals surface area contributed by atoms with Gasteiger partial charge in [0.05, 0.1) is 19.7 Å². The molecule has 278 valence electrons. The summed E-state index contributed by atoms with van der Waals surface area (Å²) in [4.78, 5) is 55.5. The molecule has 15 nitrogen and oxygen atoms in total. The molecule has 7 atom stereocenters. The molecule has 2 bridgehead atoms. The van der Waals surface area contributed by atoms with Gasteiger partial charge in [0.15, 0.2) is 23.6 Å². The van der Waals surface area contributed by atoms with Gasteiger partial charge in [0.1, 0.15) is 11.8 Å². The molecule has 0 radical (unpaired) electrons. The SMILES string of the molecule is COc1ccc2c3c1O[C@H]1C(OC(=O)N4CCC(C)CC4CNC(=O)[C@H](CCCNC(=N)N)NC(=O)CNC(C)=O)=CC[C@H]4[C@@H](C2)N(C)CC[C@]314. The molecule has 1 aromatic rings. The van der Waals surface area contributed by atoms with Crippen LogP contribution in [-0.2, 0) is 31.0 Å². The van der Waals surface area contributed by atoms with Gasteiger partial charge >= 0.3 is 6.09 Å². The number of carbonyl (C=O) groups is 4. The second-order valence-electron chi connectivity index (χ2n) is 14.7. The summed E-state index contributed by atoms with van der Waals surface area (Å²) < 4.78 is 18.8. The summed E-state index contributed by atoms with van der Waals surface area (Å²) in [6.07, 6.45) is 5.94. The maximum absolute atomic E-state index is 14.1. The van der Waals surface area contributed by atoms with Crippen LogP contribution in [0.5, 0.6) is 11.5 Å². The third-order valence-corrected chi connectivity index (χ3v) is 11.5. The molecule has 2 aliphatic carbocycles. The first-order chi connectivity index (χ1) is 24.4. The second kappa shape index (κ2) is 15.0. The van der Waals surface area contributed by atoms with Crippen molar-refractivity contribution in [3.05, 3.63) is 35.1 Å². The number of ether oxygens (including phenoxy) is 3. The van der Waals surface area contributed by atoms with E-state index in [0.29, 0.717) is 55.3 Å². The van der Waals surface area contributed by atoms with Crippen LogP contribution in [0.4, 0.5) is 4.79 Å². The van der Waals surface area contributed by atoms with Crippen LogP contribution in [-0.4, -0.2) is 111 Å². The molecule has 1 spiro atoms. The van der Waals surface area contributed by atoms with Crippen molar-refractivity contribution >= 4 is 29.8 Å². The van der Waals surface area contributed by atoms with E-state index in [-0.39, 0.29) is 42.8 Å². The van der Waals surface area contributed by atoms with Gasteiger partial charge in [-0.3, -0.25) is 19.8 Å². The fourth-order valence-corrected chi connectivity index (χ4v) is 9.00. The first-order valence-electron chi connectivity index (χ1n) is 18.1. The maximum atomic E-state index is 14.1. The summed E-state index contributed by atoms with van der Waals surface area (Å²) in [6.45, 7) is 5.09. The number of guanidine groups is 1. The van der Waals surface area contributed by atoms with Crippen molar-refractivity contribution < 1.29 is 33.4 Å². The number of likely N-dealkylation sites (tertiary alicyclic amines) is 2. The van der Waals surface area contributed by atoms with Crippen molar-refractivity contribution in [3.8, 4) is 11.5 Å². The number of methoxy groups -OCH3 is 1. The number of nitrogens with zero attached hydrogens (tertiary/aromatic N) is 2. The molecular weight excluding hydrogens is 656 g/mol. The summed E-state index contributed by atoms with van der Waals surface area (Å²) in [5.41, 5.74) is 7.56. The Morgan fingerprint density at radius 2 is 1.98 bits per heavy atom. The monoisotopic (exact) mass is 708 g/mol. The molecule has 2 saturated heterocycles. The standard InChI is InChI=1S/C36H52N8O7/c1-20-11-14-44(23(16-20)18-41-33(47)25(6-5-13-39-34(37)38)42-29(46)19-40-21(2)45)35(48)50-28-10-8-24-26-17-22-7-9-27(49-4)31-30(22)36(24,32(28)51-31)12-15-43(26)3/h7,9-10,20,23-26,32H,5-6,8,11-19H2,1-4H3,(H,40,45)(H,41,47)(H,42,46)(H4,37,38,39)/t20?,23?,24-,25-,26+,32-,36-/m0/s1. The van der Waals surface area contributed by atoms with Crippen LogP contribution in [0, 0.1) is 17.2 Å². The number of nitrogens with two attached hydrogens (primary N) is 1. The van der Waals surface area contributed by atoms with Gasteiger partial charge in [-0.25, -0.2) is 4.79 Å². The summed E-state index contributed by atoms with van der Waals surface area (Å²) in [5.74, 6) is 1.20. The third kappa shape index (κ3) is 7.17. The highest BCUT2D eigenvalue weighted by molar-refractivity contribution is 5.89. The zero-order valence-electron chi connectivity index (χ0n) is 30.0. The van der Waals surface area contributed by atoms with Crippen molar-refractivity contribution in [1.29, 1.82) is 5.41 Å². The number of hydrogen-bond donors (Lipinski definition) is 6. The Labute approximate surface area is 298 Å². The molecule has 1 aromatic carbocycles. The minimum Gasteiger partial charge on any atom is -0.493 e. The van der Waals surface area contributed by atoms with Crippen LogP contribution >= 0.6 is 0 Å². The molecule has 3 aliphatic heterocycles. The van der Waals surface area contributed by atoms with E-state index in [1.165, 1.54) is 18.1 Å². The molecule has 0 saturated carbocycles. The quantitative estimate of drug-likeness (QED) is 0.104. The molecule has 2 fully saturated rings. The molecule has 0 aromatic heterocycles. The first-order valence-corrected chi connectivity index (χ1v) is 18.1. The average Bonchev–Trinajstić information content (AvgIpc) is 3.45. The molecule has 5 aliphatic rings. The van der Waals surface area contributed by atoms with Gasteiger partial charge in [-0.1, -0.05) is 13.0 Å². The fraction of sp³-hybridized carbons (Fsp3) is 0.639. The number of allylic oxidation sites excluding steroid dienone is 1. The lowest BCUT2D eigenvalue weighted by Crippen LogP contribution is -2.63. The first kappa shape index (κ1) is 36.3. The zero-order chi connectivity index (χ0) is 36.4. The van der Waals surface area contributed by atoms with E-state index in [4.69, 9.17) is 25.4 Å². The number of nitrogens with one attached hydrogen (secondary N) is 5. The van der Waals surface area contributed by atoms with Crippen molar-refractivity contribution in [2.45, 2.75) is 88.4 Å². The topological polar surface area (TPSA) is 200 Å². The molecule has 2 unspecified atom stereocenters. The van der Waals surface area contributed by atoms with Gasteiger partial charge in [0.25, 0.3) is 0 Å². The average molecular weight is 709 g/mol. The van der Waals surface area contributed by atoms with Gasteiger partial charge in [0.2, 0.25) is 17.7 Å². The highest BCUT2D eigenvalue weighted by Crippen LogP contribution is 2.63. The molecular formula is C36H52N8O7. The van der Waals surface area contributed by atoms with Gasteiger partial charge in [-0.2, -0.15) is 0 Å². The third-order valence-electron chi connectivity index (χ3n) is 11.5. The van der Waals surface area contributed by atoms with Crippen molar-refractivity contribution in [2.24, 2.45) is 17.6 Å². The Morgan fingerprint density at radius 3 is 2.73 bits per heavy atom. The number of piperidine rings is 2. The Hall–Kier alpha value is -4.53. The Kier molecular flexibility index (Phi) is 10.7. The predicted molar refractivity (Wildman–Crippen MR) is 188 cm³/mol. The van der Waals surface area contributed by atoms with Gasteiger partial charge in [-0.05, 0) is 88.1 Å². The highest BCUT2D eigenvalue weighted by atomic mass is 16.6. The van der Waals surface area contributed by atoms with Crippen LogP contribution in [0.1, 0.15) is 63.5 Å². The van der Waals surface area contributed by atoms with Gasteiger partial charge in [-0.15, -0.1) is 0 Å². The summed E-state index contributed by atoms with van der Waals surface area (Å²) in [5, 5.41) is 18.2. The zero-order valence-corrected chi connectivity index (χ0v) is 30.0. The van der Waals surface area contributed by atoms with E-state index in [1.54, 1.807) is 12.0 Å². The molecule has 7 N–H and O–H groups in total. The lowest BCUT2D eigenvalue weighted by molar-refractivity contribution is -0.129. The van der Waals surface area contributed by atoms with Crippen LogP contribution in [0.15, 0.2) is 24.0 Å². The number of likely N-dealkylation sites (N-methyl/N-ethyl adjacent to an activating group) is 1. The van der Waals surface area contributed by atoms with Crippen LogP contribution in [0.3, 0.4) is 0 Å². The molecule has 15 heteroatoms. The highest BCUT2D eigenvalue weighted by Gasteiger charge is 2.65. The lowest BCUT2D eigenvalue weighted by Gasteiger charge is -2.56. The van der Waals surface area contributed by atoms with Crippen LogP contribution < -0.4 is 36.5 Å². The van der Waals surface area contributed by atoms with Crippen LogP contribution in [0.2, 0.25) is 0 Å². The lowest BCUT2D eigenvalue weighted by atomic mass is 9.53. The predicted octanol–water partition coefficient (Wildman–Crippen LogP) is 1.10. The van der Waals surface area contributed by atoms with Gasteiger partial charge in [0, 0.05) is 43.6 Å². The van der Waals surface area contributed by atoms with Gasteiger partial charge < -0.3 is 51.0 Å². The second-order valence-corrected chi connectivity index (χ2v) is 14.7. The fourth-order valence-electron chi connectivity index (χ4n) is 9.00. The van der Waals surface area contributed by atoms with E-state index in [2.05, 4.69) is 46.2 Å². The van der Waals surface area contributed by atoms with E-state index < -0.39 is 30.1 Å². The Bertz CT molecular complexity index is 1580. The number of amides is 4. The number of hydrogen-bond acceptors (Lipinski definition) is 9. The molecule has 51 heavy (non-hydrogen) atoms. The van der Waals surface area contributed by atoms with Crippen molar-refractivity contribution in [1.82, 2.24) is 31.1 Å². The minimum atomic E-state index is -0.891. The largest absolute Gasteiger partial charge is 0.493 e. The maximum Gasteiger partial charge on any atom is 0.415 e. The van der Waals surface area contributed by atoms with Crippen molar-refractivity contribution in [3.63, 3.8) is 0 Å². The van der Waals surface area contributed by atoms with E-state index in [0.717, 1.165) is 38.0 Å². The van der Waals surface area contributed by atoms with E-state index in [9.17, 15) is 19.2 Å². The summed E-state index contributed by atoms with van der Waals surface area (Å²) >= 11 is 0.